The van der Waals surface area contributed by atoms with E-state index in [2.05, 4.69) is 16.8 Å². The van der Waals surface area contributed by atoms with E-state index in [1.54, 1.807) is 0 Å². The van der Waals surface area contributed by atoms with E-state index in [0.29, 0.717) is 6.61 Å². The Kier molecular flexibility index (Phi) is 2.93. The van der Waals surface area contributed by atoms with Crippen molar-refractivity contribution in [2.75, 3.05) is 39.8 Å². The molecule has 1 saturated heterocycles. The largest absolute Gasteiger partial charge is 0.498 e. The van der Waals surface area contributed by atoms with Gasteiger partial charge in [0.25, 0.3) is 0 Å². The van der Waals surface area contributed by atoms with Gasteiger partial charge >= 0.3 is 0 Å². The Labute approximate surface area is 85.3 Å². The summed E-state index contributed by atoms with van der Waals surface area (Å²) in [6.07, 6.45) is 2.85. The summed E-state index contributed by atoms with van der Waals surface area (Å²) in [4.78, 5) is 4.74. The van der Waals surface area contributed by atoms with Gasteiger partial charge < -0.3 is 20.3 Å². The van der Waals surface area contributed by atoms with Gasteiger partial charge in [0.2, 0.25) is 0 Å². The van der Waals surface area contributed by atoms with Gasteiger partial charge in [-0.25, -0.2) is 0 Å². The topological polar surface area (TPSA) is 41.7 Å². The molecule has 1 fully saturated rings. The number of nitrogens with zero attached hydrogens (tertiary/aromatic N) is 2. The highest BCUT2D eigenvalue weighted by Crippen LogP contribution is 2.17. The molecule has 0 aliphatic carbocycles. The average molecular weight is 197 g/mol. The second-order valence-electron chi connectivity index (χ2n) is 4.20. The first-order chi connectivity index (χ1) is 6.75. The highest BCUT2D eigenvalue weighted by molar-refractivity contribution is 5.04. The molecule has 4 nitrogen and oxygen atoms in total. The first-order valence-electron chi connectivity index (χ1n) is 5.25. The molecule has 14 heavy (non-hydrogen) atoms. The van der Waals surface area contributed by atoms with E-state index < -0.39 is 0 Å². The zero-order chi connectivity index (χ0) is 9.97. The van der Waals surface area contributed by atoms with Gasteiger partial charge in [0.1, 0.15) is 12.9 Å². The fraction of sp³-hybridized carbons (Fsp3) is 0.800. The lowest BCUT2D eigenvalue weighted by atomic mass is 10.1. The van der Waals surface area contributed by atoms with Crippen molar-refractivity contribution in [2.24, 2.45) is 5.73 Å². The van der Waals surface area contributed by atoms with Crippen LogP contribution < -0.4 is 5.73 Å². The molecule has 0 aromatic rings. The van der Waals surface area contributed by atoms with Crippen LogP contribution in [0.4, 0.5) is 0 Å². The van der Waals surface area contributed by atoms with Crippen molar-refractivity contribution in [3.8, 4) is 0 Å². The number of hydrogen-bond donors (Lipinski definition) is 1. The molecule has 4 heteroatoms. The normalized spacial score (nSPS) is 29.7. The van der Waals surface area contributed by atoms with Gasteiger partial charge in [0, 0.05) is 38.6 Å². The minimum atomic E-state index is 0.176. The molecule has 0 radical (unpaired) electrons. The van der Waals surface area contributed by atoms with Crippen LogP contribution in [0.15, 0.2) is 12.0 Å². The van der Waals surface area contributed by atoms with Crippen LogP contribution in [0.3, 0.4) is 0 Å². The van der Waals surface area contributed by atoms with E-state index in [1.807, 2.05) is 6.26 Å². The van der Waals surface area contributed by atoms with Crippen LogP contribution in [0, 0.1) is 0 Å². The molecule has 2 heterocycles. The van der Waals surface area contributed by atoms with Crippen LogP contribution in [0.5, 0.6) is 0 Å². The Morgan fingerprint density at radius 1 is 1.36 bits per heavy atom. The third-order valence-electron chi connectivity index (χ3n) is 2.91. The Morgan fingerprint density at radius 2 is 2.07 bits per heavy atom. The minimum Gasteiger partial charge on any atom is -0.498 e. The Balaban J connectivity index is 1.91. The van der Waals surface area contributed by atoms with Crippen molar-refractivity contribution >= 4 is 0 Å². The van der Waals surface area contributed by atoms with E-state index in [-0.39, 0.29) is 6.04 Å². The average Bonchev–Trinajstić information content (AvgIpc) is 2.19. The predicted octanol–water partition coefficient (Wildman–Crippen LogP) is -0.177. The summed E-state index contributed by atoms with van der Waals surface area (Å²) >= 11 is 0. The molecular formula is C10H19N3O. The molecular weight excluding hydrogens is 178 g/mol. The molecule has 2 aliphatic heterocycles. The van der Waals surface area contributed by atoms with Gasteiger partial charge in [-0.3, -0.25) is 0 Å². The van der Waals surface area contributed by atoms with Crippen molar-refractivity contribution in [3.63, 3.8) is 0 Å². The number of nitrogens with two attached hydrogens (primary N) is 1. The number of piperazine rings is 1. The second-order valence-corrected chi connectivity index (χ2v) is 4.20. The molecule has 80 valence electrons. The van der Waals surface area contributed by atoms with Gasteiger partial charge in [0.05, 0.1) is 5.70 Å². The van der Waals surface area contributed by atoms with Gasteiger partial charge in [-0.1, -0.05) is 0 Å². The van der Waals surface area contributed by atoms with Gasteiger partial charge in [0.15, 0.2) is 0 Å². The summed E-state index contributed by atoms with van der Waals surface area (Å²) in [6.45, 7) is 5.12. The fourth-order valence-corrected chi connectivity index (χ4v) is 1.94. The van der Waals surface area contributed by atoms with Crippen LogP contribution in [-0.2, 0) is 4.74 Å². The van der Waals surface area contributed by atoms with Crippen molar-refractivity contribution in [1.29, 1.82) is 0 Å². The van der Waals surface area contributed by atoms with E-state index in [1.165, 1.54) is 5.70 Å². The smallest absolute Gasteiger partial charge is 0.103 e. The molecule has 0 aromatic carbocycles. The predicted molar refractivity (Wildman–Crippen MR) is 55.7 cm³/mol. The molecule has 0 unspecified atom stereocenters. The number of hydrogen-bond acceptors (Lipinski definition) is 4. The maximum absolute atomic E-state index is 5.86. The van der Waals surface area contributed by atoms with Crippen LogP contribution in [-0.4, -0.2) is 55.7 Å². The van der Waals surface area contributed by atoms with E-state index >= 15 is 0 Å². The highest BCUT2D eigenvalue weighted by Gasteiger charge is 2.20. The number of likely N-dealkylation sites (N-methyl/N-ethyl adjacent to an activating group) is 1. The van der Waals surface area contributed by atoms with Gasteiger partial charge in [-0.05, 0) is 7.05 Å². The lowest BCUT2D eigenvalue weighted by Gasteiger charge is -2.37. The second kappa shape index (κ2) is 4.19. The van der Waals surface area contributed by atoms with Crippen molar-refractivity contribution < 1.29 is 4.74 Å². The summed E-state index contributed by atoms with van der Waals surface area (Å²) in [5.41, 5.74) is 7.13. The molecule has 0 amide bonds. The monoisotopic (exact) mass is 197 g/mol. The van der Waals surface area contributed by atoms with Crippen molar-refractivity contribution in [1.82, 2.24) is 9.80 Å². The third kappa shape index (κ3) is 2.19. The van der Waals surface area contributed by atoms with E-state index in [4.69, 9.17) is 10.5 Å². The van der Waals surface area contributed by atoms with E-state index in [9.17, 15) is 0 Å². The molecule has 2 N–H and O–H groups in total. The lowest BCUT2D eigenvalue weighted by molar-refractivity contribution is 0.142. The van der Waals surface area contributed by atoms with Crippen LogP contribution >= 0.6 is 0 Å². The fourth-order valence-electron chi connectivity index (χ4n) is 1.94. The first-order valence-corrected chi connectivity index (χ1v) is 5.25. The molecule has 2 aliphatic rings. The summed E-state index contributed by atoms with van der Waals surface area (Å²) in [6, 6.07) is 0.176. The maximum Gasteiger partial charge on any atom is 0.103 e. The lowest BCUT2D eigenvalue weighted by Crippen LogP contribution is -2.45. The molecule has 1 atom stereocenters. The molecule has 0 spiro atoms. The first kappa shape index (κ1) is 9.80. The summed E-state index contributed by atoms with van der Waals surface area (Å²) in [5.74, 6) is 0. The molecule has 0 saturated carbocycles. The van der Waals surface area contributed by atoms with Crippen molar-refractivity contribution in [2.45, 2.75) is 12.5 Å². The van der Waals surface area contributed by atoms with Crippen LogP contribution in [0.2, 0.25) is 0 Å². The SMILES string of the molecule is CN1CCN(C2=COC[C@@H](N)C2)CC1. The highest BCUT2D eigenvalue weighted by atomic mass is 16.5. The Morgan fingerprint density at radius 3 is 2.71 bits per heavy atom. The van der Waals surface area contributed by atoms with Crippen LogP contribution in [0.1, 0.15) is 6.42 Å². The Bertz CT molecular complexity index is 221. The number of rotatable bonds is 1. The van der Waals surface area contributed by atoms with E-state index in [0.717, 1.165) is 32.6 Å². The maximum atomic E-state index is 5.86. The Hall–Kier alpha value is -0.740. The van der Waals surface area contributed by atoms with Crippen LogP contribution in [0.25, 0.3) is 0 Å². The summed E-state index contributed by atoms with van der Waals surface area (Å²) < 4.78 is 5.33. The number of ether oxygens (including phenoxy) is 1. The third-order valence-corrected chi connectivity index (χ3v) is 2.91. The quantitative estimate of drug-likeness (QED) is 0.633. The standard InChI is InChI=1S/C10H19N3O/c1-12-2-4-13(5-3-12)10-6-9(11)7-14-8-10/h8-9H,2-7,11H2,1H3/t9-/m0/s1. The summed E-state index contributed by atoms with van der Waals surface area (Å²) in [5, 5.41) is 0. The molecule has 0 bridgehead atoms. The zero-order valence-corrected chi connectivity index (χ0v) is 8.78. The molecule has 0 aromatic heterocycles. The van der Waals surface area contributed by atoms with Gasteiger partial charge in [-0.15, -0.1) is 0 Å². The minimum absolute atomic E-state index is 0.176. The molecule has 2 rings (SSSR count). The van der Waals surface area contributed by atoms with Gasteiger partial charge in [-0.2, -0.15) is 0 Å². The zero-order valence-electron chi connectivity index (χ0n) is 8.78. The van der Waals surface area contributed by atoms with Crippen molar-refractivity contribution in [3.05, 3.63) is 12.0 Å². The summed E-state index contributed by atoms with van der Waals surface area (Å²) in [7, 11) is 2.16.